The van der Waals surface area contributed by atoms with Gasteiger partial charge in [-0.15, -0.1) is 5.10 Å². The number of ketones is 1. The van der Waals surface area contributed by atoms with E-state index in [2.05, 4.69) is 20.9 Å². The molecule has 4 heterocycles. The van der Waals surface area contributed by atoms with Crippen molar-refractivity contribution in [3.63, 3.8) is 0 Å². The quantitative estimate of drug-likeness (QED) is 0.0874. The number of aromatic nitrogens is 3. The average molecular weight is 901 g/mol. The van der Waals surface area contributed by atoms with Gasteiger partial charge in [0.1, 0.15) is 29.4 Å². The van der Waals surface area contributed by atoms with E-state index in [0.29, 0.717) is 63.1 Å². The maximum absolute atomic E-state index is 14.3. The summed E-state index contributed by atoms with van der Waals surface area (Å²) in [5.41, 5.74) is 12.4. The fourth-order valence-corrected chi connectivity index (χ4v) is 8.97. The van der Waals surface area contributed by atoms with Gasteiger partial charge in [0.25, 0.3) is 0 Å². The third-order valence-electron chi connectivity index (χ3n) is 12.5. The van der Waals surface area contributed by atoms with E-state index in [4.69, 9.17) is 39.9 Å². The van der Waals surface area contributed by atoms with Crippen LogP contribution in [0, 0.1) is 17.8 Å². The van der Waals surface area contributed by atoms with Gasteiger partial charge in [-0.3, -0.25) is 24.5 Å². The highest BCUT2D eigenvalue weighted by Crippen LogP contribution is 2.36. The van der Waals surface area contributed by atoms with Gasteiger partial charge in [0.05, 0.1) is 30.0 Å². The number of fused-ring (bicyclic) bond motifs is 1. The van der Waals surface area contributed by atoms with Gasteiger partial charge in [0.15, 0.2) is 18.2 Å². The van der Waals surface area contributed by atoms with Gasteiger partial charge >= 0.3 is 18.2 Å². The molecule has 5 rings (SSSR count). The Morgan fingerprint density at radius 2 is 1.83 bits per heavy atom. The number of ether oxygens (including phenoxy) is 6. The molecule has 7 N–H and O–H groups in total. The van der Waals surface area contributed by atoms with Crippen LogP contribution in [0.5, 0.6) is 0 Å². The first-order valence-electron chi connectivity index (χ1n) is 22.6. The number of nitrogens with two attached hydrogens (primary N) is 2. The molecule has 0 bridgehead atoms. The van der Waals surface area contributed by atoms with Crippen LogP contribution >= 0.6 is 0 Å². The van der Waals surface area contributed by atoms with E-state index in [9.17, 15) is 24.3 Å². The number of unbranched alkanes of at least 4 members (excludes halogenated alkanes) is 1. The van der Waals surface area contributed by atoms with Gasteiger partial charge in [-0.1, -0.05) is 38.1 Å². The summed E-state index contributed by atoms with van der Waals surface area (Å²) in [5.74, 6) is -3.39. The lowest BCUT2D eigenvalue weighted by molar-refractivity contribution is -0.289. The van der Waals surface area contributed by atoms with E-state index < -0.39 is 95.9 Å². The van der Waals surface area contributed by atoms with E-state index in [1.165, 1.54) is 6.92 Å². The molecule has 3 fully saturated rings. The third kappa shape index (κ3) is 12.6. The molecule has 19 heteroatoms. The van der Waals surface area contributed by atoms with Crippen molar-refractivity contribution in [1.29, 1.82) is 0 Å². The number of benzene rings is 1. The standard InChI is InChI=1S/C45H72N8O11/c1-11-34-38-35(53(43(58)62-38)18-13-12-17-52-24-33(50-51-52)29-15-14-16-30(19-29)49-42(57)64-44(6,7)8)28(5)48-23-25(2)21-45(9,59-10)39(26(3)36(54)27(4)40(56)61-34)63-41-37(55)32(47)20-31(22-46)60-41/h14-16,19,24-28,31-32,34-35,37-39,41,48,55H,11-13,17-18,20-23,46-47H2,1-10H3,(H,49,57)/t25-,26+,27-,28-,31+,32?,34-,35-,37?,38-,39-,41+,45-/m1/s1. The van der Waals surface area contributed by atoms with E-state index in [-0.39, 0.29) is 18.5 Å². The Balaban J connectivity index is 1.30. The van der Waals surface area contributed by atoms with Crippen molar-refractivity contribution >= 4 is 29.6 Å². The summed E-state index contributed by atoms with van der Waals surface area (Å²) in [7, 11) is 1.54. The SMILES string of the molecule is CC[C@H]1OC(=O)[C@H](C)C(=O)[C@H](C)[C@@H](O[C@@H]2O[C@H](CN)CC(N)C2O)[C@](C)(OC)C[C@@H](C)CN[C@H](C)[C@@H]2[C@@H]1OC(=O)N2CCCCn1cc(-c2cccc(NC(=O)OC(C)(C)C)c2)nn1. The fraction of sp³-hybridized carbons (Fsp3) is 0.733. The molecule has 2 amide bonds. The van der Waals surface area contributed by atoms with Gasteiger partial charge < -0.3 is 50.3 Å². The van der Waals surface area contributed by atoms with Crippen LogP contribution in [0.1, 0.15) is 94.4 Å². The summed E-state index contributed by atoms with van der Waals surface area (Å²) < 4.78 is 37.9. The van der Waals surface area contributed by atoms with Crippen LogP contribution in [0.4, 0.5) is 15.3 Å². The van der Waals surface area contributed by atoms with E-state index in [0.717, 1.165) is 5.56 Å². The Labute approximate surface area is 376 Å². The molecule has 3 saturated heterocycles. The molecule has 64 heavy (non-hydrogen) atoms. The topological polar surface area (TPSA) is 254 Å². The molecule has 0 saturated carbocycles. The number of rotatable bonds is 12. The highest BCUT2D eigenvalue weighted by atomic mass is 16.7. The molecule has 358 valence electrons. The summed E-state index contributed by atoms with van der Waals surface area (Å²) in [4.78, 5) is 55.9. The maximum Gasteiger partial charge on any atom is 0.412 e. The number of carbonyl (C=O) groups is 4. The van der Waals surface area contributed by atoms with Crippen molar-refractivity contribution in [2.24, 2.45) is 29.2 Å². The second-order valence-electron chi connectivity index (χ2n) is 18.9. The lowest BCUT2D eigenvalue weighted by Gasteiger charge is -2.45. The highest BCUT2D eigenvalue weighted by molar-refractivity contribution is 6.00. The maximum atomic E-state index is 14.3. The largest absolute Gasteiger partial charge is 0.458 e. The molecular formula is C45H72N8O11. The summed E-state index contributed by atoms with van der Waals surface area (Å²) in [5, 5.41) is 26.1. The van der Waals surface area contributed by atoms with Crippen molar-refractivity contribution in [1.82, 2.24) is 25.2 Å². The Morgan fingerprint density at radius 1 is 1.11 bits per heavy atom. The number of hydrogen-bond acceptors (Lipinski definition) is 16. The second-order valence-corrected chi connectivity index (χ2v) is 18.9. The molecule has 1 aromatic carbocycles. The van der Waals surface area contributed by atoms with Gasteiger partial charge in [-0.25, -0.2) is 9.59 Å². The number of aliphatic hydroxyl groups is 1. The molecule has 1 aromatic heterocycles. The predicted molar refractivity (Wildman–Crippen MR) is 237 cm³/mol. The molecule has 3 aliphatic heterocycles. The summed E-state index contributed by atoms with van der Waals surface area (Å²) in [6, 6.07) is 5.77. The van der Waals surface area contributed by atoms with Crippen molar-refractivity contribution in [2.45, 2.75) is 167 Å². The summed E-state index contributed by atoms with van der Waals surface area (Å²) in [6.07, 6.45) is -2.37. The number of aliphatic hydroxyl groups excluding tert-OH is 1. The average Bonchev–Trinajstić information content (AvgIpc) is 3.85. The van der Waals surface area contributed by atoms with E-state index in [1.807, 2.05) is 46.0 Å². The number of cyclic esters (lactones) is 1. The monoisotopic (exact) mass is 901 g/mol. The number of Topliss-reactive ketones (excluding diaryl/α,β-unsaturated/α-hetero) is 1. The zero-order chi connectivity index (χ0) is 47.1. The summed E-state index contributed by atoms with van der Waals surface area (Å²) in [6.45, 7) is 17.8. The minimum absolute atomic E-state index is 0.0549. The molecule has 19 nitrogen and oxygen atoms in total. The van der Waals surface area contributed by atoms with Crippen molar-refractivity contribution in [3.05, 3.63) is 30.5 Å². The molecule has 0 spiro atoms. The number of hydrogen-bond donors (Lipinski definition) is 5. The minimum Gasteiger partial charge on any atom is -0.458 e. The van der Waals surface area contributed by atoms with Crippen LogP contribution in [0.2, 0.25) is 0 Å². The van der Waals surface area contributed by atoms with Gasteiger partial charge in [0, 0.05) is 56.0 Å². The molecule has 2 aromatic rings. The first-order valence-corrected chi connectivity index (χ1v) is 22.6. The van der Waals surface area contributed by atoms with Gasteiger partial charge in [-0.05, 0) is 98.2 Å². The van der Waals surface area contributed by atoms with Crippen LogP contribution in [0.15, 0.2) is 30.5 Å². The van der Waals surface area contributed by atoms with E-state index >= 15 is 0 Å². The molecule has 13 atom stereocenters. The minimum atomic E-state index is -1.22. The Hall–Kier alpha value is -4.24. The molecule has 0 radical (unpaired) electrons. The zero-order valence-corrected chi connectivity index (χ0v) is 39.2. The molecule has 3 aliphatic rings. The first-order chi connectivity index (χ1) is 30.2. The van der Waals surface area contributed by atoms with Gasteiger partial charge in [-0.2, -0.15) is 0 Å². The van der Waals surface area contributed by atoms with Crippen molar-refractivity contribution in [3.8, 4) is 11.3 Å². The zero-order valence-electron chi connectivity index (χ0n) is 39.2. The number of nitrogens with zero attached hydrogens (tertiary/aromatic N) is 4. The molecular weight excluding hydrogens is 829 g/mol. The Morgan fingerprint density at radius 3 is 2.50 bits per heavy atom. The number of carbonyl (C=O) groups excluding carboxylic acids is 4. The normalized spacial score (nSPS) is 33.4. The number of esters is 1. The van der Waals surface area contributed by atoms with Crippen molar-refractivity contribution in [2.75, 3.05) is 32.1 Å². The van der Waals surface area contributed by atoms with Crippen LogP contribution in [0.3, 0.4) is 0 Å². The smallest absolute Gasteiger partial charge is 0.412 e. The number of methoxy groups -OCH3 is 1. The first kappa shape index (κ1) is 50.8. The lowest BCUT2D eigenvalue weighted by atomic mass is 9.78. The second kappa shape index (κ2) is 21.8. The number of nitrogens with one attached hydrogen (secondary N) is 2. The fourth-order valence-electron chi connectivity index (χ4n) is 8.97. The van der Waals surface area contributed by atoms with Crippen molar-refractivity contribution < 1.29 is 52.7 Å². The van der Waals surface area contributed by atoms with Crippen LogP contribution in [-0.2, 0) is 44.6 Å². The highest BCUT2D eigenvalue weighted by Gasteiger charge is 2.51. The molecule has 2 unspecified atom stereocenters. The number of anilines is 1. The Kier molecular flexibility index (Phi) is 17.3. The van der Waals surface area contributed by atoms with Crippen LogP contribution in [-0.4, -0.2) is 142 Å². The van der Waals surface area contributed by atoms with E-state index in [1.54, 1.807) is 56.5 Å². The van der Waals surface area contributed by atoms with Crippen LogP contribution < -0.4 is 22.1 Å². The Bertz CT molecular complexity index is 1890. The number of amides is 2. The third-order valence-corrected chi connectivity index (χ3v) is 12.5. The number of aryl methyl sites for hydroxylation is 1. The lowest BCUT2D eigenvalue weighted by Crippen LogP contribution is -2.59. The summed E-state index contributed by atoms with van der Waals surface area (Å²) >= 11 is 0. The molecule has 0 aliphatic carbocycles. The van der Waals surface area contributed by atoms with Gasteiger partial charge in [0.2, 0.25) is 0 Å². The predicted octanol–water partition coefficient (Wildman–Crippen LogP) is 3.99. The van der Waals surface area contributed by atoms with Crippen LogP contribution in [0.25, 0.3) is 11.3 Å².